The number of benzene rings is 2. The van der Waals surface area contributed by atoms with E-state index >= 15 is 0 Å². The van der Waals surface area contributed by atoms with Gasteiger partial charge < -0.3 is 10.2 Å². The van der Waals surface area contributed by atoms with Crippen LogP contribution in [0, 0.1) is 5.82 Å². The molecule has 2 aromatic rings. The number of hydrogen-bond donors (Lipinski definition) is 1. The van der Waals surface area contributed by atoms with Gasteiger partial charge in [0.2, 0.25) is 11.8 Å². The second kappa shape index (κ2) is 8.13. The Morgan fingerprint density at radius 1 is 1.04 bits per heavy atom. The van der Waals surface area contributed by atoms with Crippen molar-refractivity contribution in [1.29, 1.82) is 0 Å². The second-order valence-corrected chi connectivity index (χ2v) is 7.24. The number of hydrogen-bond acceptors (Lipinski definition) is 2. The number of nitrogens with zero attached hydrogens (tertiary/aromatic N) is 1. The van der Waals surface area contributed by atoms with Crippen molar-refractivity contribution in [1.82, 2.24) is 0 Å². The third-order valence-corrected chi connectivity index (χ3v) is 4.07. The van der Waals surface area contributed by atoms with Crippen molar-refractivity contribution in [2.45, 2.75) is 39.5 Å². The third kappa shape index (κ3) is 5.15. The SMILES string of the molecule is CC(=O)N(CCC(=O)Nc1ccc(F)cc1)c1ccccc1C(C)(C)C. The van der Waals surface area contributed by atoms with Gasteiger partial charge in [0.25, 0.3) is 0 Å². The summed E-state index contributed by atoms with van der Waals surface area (Å²) in [5.41, 5.74) is 2.28. The van der Waals surface area contributed by atoms with E-state index in [1.807, 2.05) is 24.3 Å². The molecule has 5 heteroatoms. The van der Waals surface area contributed by atoms with E-state index in [2.05, 4.69) is 26.1 Å². The fraction of sp³-hybridized carbons (Fsp3) is 0.333. The van der Waals surface area contributed by atoms with Crippen molar-refractivity contribution in [2.75, 3.05) is 16.8 Å². The number of halogens is 1. The van der Waals surface area contributed by atoms with E-state index in [1.54, 1.807) is 4.90 Å². The van der Waals surface area contributed by atoms with Crippen LogP contribution in [0.3, 0.4) is 0 Å². The molecule has 2 aromatic carbocycles. The van der Waals surface area contributed by atoms with Crippen molar-refractivity contribution in [2.24, 2.45) is 0 Å². The van der Waals surface area contributed by atoms with Gasteiger partial charge in [-0.2, -0.15) is 0 Å². The van der Waals surface area contributed by atoms with Crippen LogP contribution in [0.1, 0.15) is 39.7 Å². The topological polar surface area (TPSA) is 49.4 Å². The normalized spacial score (nSPS) is 11.1. The number of carbonyl (C=O) groups excluding carboxylic acids is 2. The molecule has 0 unspecified atom stereocenters. The maximum atomic E-state index is 12.9. The summed E-state index contributed by atoms with van der Waals surface area (Å²) in [4.78, 5) is 26.0. The van der Waals surface area contributed by atoms with Crippen LogP contribution in [0.4, 0.5) is 15.8 Å². The molecule has 26 heavy (non-hydrogen) atoms. The lowest BCUT2D eigenvalue weighted by molar-refractivity contribution is -0.117. The minimum atomic E-state index is -0.357. The predicted octanol–water partition coefficient (Wildman–Crippen LogP) is 4.50. The van der Waals surface area contributed by atoms with Gasteiger partial charge in [-0.1, -0.05) is 39.0 Å². The fourth-order valence-corrected chi connectivity index (χ4v) is 2.76. The van der Waals surface area contributed by atoms with E-state index in [-0.39, 0.29) is 36.0 Å². The van der Waals surface area contributed by atoms with Crippen LogP contribution in [-0.2, 0) is 15.0 Å². The third-order valence-electron chi connectivity index (χ3n) is 4.07. The Morgan fingerprint density at radius 3 is 2.23 bits per heavy atom. The summed E-state index contributed by atoms with van der Waals surface area (Å²) in [5, 5.41) is 2.72. The van der Waals surface area contributed by atoms with Gasteiger partial charge >= 0.3 is 0 Å². The second-order valence-electron chi connectivity index (χ2n) is 7.24. The average molecular weight is 356 g/mol. The Hall–Kier alpha value is -2.69. The number of para-hydroxylation sites is 1. The van der Waals surface area contributed by atoms with Crippen molar-refractivity contribution in [3.05, 3.63) is 59.9 Å². The molecule has 0 aliphatic carbocycles. The molecule has 0 aromatic heterocycles. The van der Waals surface area contributed by atoms with Crippen molar-refractivity contribution >= 4 is 23.2 Å². The molecule has 0 saturated heterocycles. The quantitative estimate of drug-likeness (QED) is 0.857. The lowest BCUT2D eigenvalue weighted by atomic mass is 9.85. The molecule has 0 saturated carbocycles. The summed E-state index contributed by atoms with van der Waals surface area (Å²) in [6.07, 6.45) is 0.148. The molecule has 138 valence electrons. The molecule has 0 heterocycles. The van der Waals surface area contributed by atoms with E-state index in [9.17, 15) is 14.0 Å². The standard InChI is InChI=1S/C21H25FN2O2/c1-15(25)24(19-8-6-5-7-18(19)21(2,3)4)14-13-20(26)23-17-11-9-16(22)10-12-17/h5-12H,13-14H2,1-4H3,(H,23,26). The molecule has 4 nitrogen and oxygen atoms in total. The Labute approximate surface area is 154 Å². The first-order valence-corrected chi connectivity index (χ1v) is 8.61. The number of nitrogens with one attached hydrogen (secondary N) is 1. The Balaban J connectivity index is 2.11. The zero-order chi connectivity index (χ0) is 19.3. The molecule has 1 N–H and O–H groups in total. The summed E-state index contributed by atoms with van der Waals surface area (Å²) >= 11 is 0. The number of amides is 2. The summed E-state index contributed by atoms with van der Waals surface area (Å²) in [5.74, 6) is -0.697. The lowest BCUT2D eigenvalue weighted by Gasteiger charge is -2.29. The molecule has 0 aliphatic rings. The van der Waals surface area contributed by atoms with Crippen LogP contribution >= 0.6 is 0 Å². The minimum Gasteiger partial charge on any atom is -0.326 e. The summed E-state index contributed by atoms with van der Waals surface area (Å²) < 4.78 is 12.9. The molecule has 0 aliphatic heterocycles. The number of anilines is 2. The van der Waals surface area contributed by atoms with Crippen LogP contribution in [0.15, 0.2) is 48.5 Å². The van der Waals surface area contributed by atoms with E-state index in [4.69, 9.17) is 0 Å². The van der Waals surface area contributed by atoms with Crippen molar-refractivity contribution in [3.8, 4) is 0 Å². The first-order chi connectivity index (χ1) is 12.2. The highest BCUT2D eigenvalue weighted by molar-refractivity contribution is 5.95. The van der Waals surface area contributed by atoms with E-state index in [1.165, 1.54) is 31.2 Å². The van der Waals surface area contributed by atoms with Crippen LogP contribution in [0.25, 0.3) is 0 Å². The summed E-state index contributed by atoms with van der Waals surface area (Å²) in [6.45, 7) is 8.04. The van der Waals surface area contributed by atoms with Gasteiger partial charge in [0, 0.05) is 31.3 Å². The van der Waals surface area contributed by atoms with Gasteiger partial charge in [0.1, 0.15) is 5.82 Å². The largest absolute Gasteiger partial charge is 0.326 e. The van der Waals surface area contributed by atoms with Crippen molar-refractivity contribution in [3.63, 3.8) is 0 Å². The zero-order valence-electron chi connectivity index (χ0n) is 15.7. The monoisotopic (exact) mass is 356 g/mol. The molecule has 0 atom stereocenters. The van der Waals surface area contributed by atoms with Crippen molar-refractivity contribution < 1.29 is 14.0 Å². The molecule has 0 spiro atoms. The molecule has 2 amide bonds. The Morgan fingerprint density at radius 2 is 1.65 bits per heavy atom. The van der Waals surface area contributed by atoms with Gasteiger partial charge in [-0.05, 0) is 41.3 Å². The van der Waals surface area contributed by atoms with Gasteiger partial charge in [-0.3, -0.25) is 9.59 Å². The van der Waals surface area contributed by atoms with Gasteiger partial charge in [0.15, 0.2) is 0 Å². The molecular weight excluding hydrogens is 331 g/mol. The highest BCUT2D eigenvalue weighted by Gasteiger charge is 2.23. The van der Waals surface area contributed by atoms with Gasteiger partial charge in [-0.15, -0.1) is 0 Å². The molecular formula is C21H25FN2O2. The Kier molecular flexibility index (Phi) is 6.14. The van der Waals surface area contributed by atoms with Crippen LogP contribution in [-0.4, -0.2) is 18.4 Å². The van der Waals surface area contributed by atoms with Crippen LogP contribution in [0.2, 0.25) is 0 Å². The van der Waals surface area contributed by atoms with E-state index in [0.717, 1.165) is 11.3 Å². The first kappa shape index (κ1) is 19.6. The first-order valence-electron chi connectivity index (χ1n) is 8.61. The zero-order valence-corrected chi connectivity index (χ0v) is 15.7. The van der Waals surface area contributed by atoms with Crippen LogP contribution in [0.5, 0.6) is 0 Å². The summed E-state index contributed by atoms with van der Waals surface area (Å²) in [7, 11) is 0. The molecule has 0 radical (unpaired) electrons. The molecule has 0 fully saturated rings. The minimum absolute atomic E-state index is 0.115. The van der Waals surface area contributed by atoms with E-state index < -0.39 is 0 Å². The predicted molar refractivity (Wildman–Crippen MR) is 103 cm³/mol. The summed E-state index contributed by atoms with van der Waals surface area (Å²) in [6, 6.07) is 13.3. The highest BCUT2D eigenvalue weighted by Crippen LogP contribution is 2.32. The lowest BCUT2D eigenvalue weighted by Crippen LogP contribution is -2.34. The maximum absolute atomic E-state index is 12.9. The Bertz CT molecular complexity index is 779. The van der Waals surface area contributed by atoms with Gasteiger partial charge in [0.05, 0.1) is 0 Å². The number of rotatable bonds is 5. The molecule has 0 bridgehead atoms. The van der Waals surface area contributed by atoms with Gasteiger partial charge in [-0.25, -0.2) is 4.39 Å². The fourth-order valence-electron chi connectivity index (χ4n) is 2.76. The number of carbonyl (C=O) groups is 2. The molecule has 2 rings (SSSR count). The van der Waals surface area contributed by atoms with E-state index in [0.29, 0.717) is 5.69 Å². The van der Waals surface area contributed by atoms with Crippen LogP contribution < -0.4 is 10.2 Å². The highest BCUT2D eigenvalue weighted by atomic mass is 19.1. The smallest absolute Gasteiger partial charge is 0.226 e. The maximum Gasteiger partial charge on any atom is 0.226 e. The average Bonchev–Trinajstić information content (AvgIpc) is 2.56.